The van der Waals surface area contributed by atoms with Gasteiger partial charge in [0.25, 0.3) is 0 Å². The molecule has 3 nitrogen and oxygen atoms in total. The summed E-state index contributed by atoms with van der Waals surface area (Å²) in [4.78, 5) is 0. The van der Waals surface area contributed by atoms with E-state index in [-0.39, 0.29) is 6.04 Å². The fourth-order valence-corrected chi connectivity index (χ4v) is 2.29. The van der Waals surface area contributed by atoms with Crippen molar-refractivity contribution in [3.05, 3.63) is 54.8 Å². The maximum Gasteiger partial charge on any atom is 0.128 e. The summed E-state index contributed by atoms with van der Waals surface area (Å²) in [5, 5.41) is 15.7. The molecule has 2 N–H and O–H groups in total. The Morgan fingerprint density at radius 2 is 2.10 bits per heavy atom. The first-order valence-corrected chi connectivity index (χ1v) is 6.90. The van der Waals surface area contributed by atoms with Crippen molar-refractivity contribution in [1.82, 2.24) is 5.32 Å². The fraction of sp³-hybridized carbons (Fsp3) is 0.294. The summed E-state index contributed by atoms with van der Waals surface area (Å²) < 4.78 is 5.08. The highest BCUT2D eigenvalue weighted by Gasteiger charge is 2.12. The second-order valence-electron chi connectivity index (χ2n) is 4.79. The first-order chi connectivity index (χ1) is 9.74. The molecule has 1 atom stereocenters. The Labute approximate surface area is 119 Å². The summed E-state index contributed by atoms with van der Waals surface area (Å²) in [6.45, 7) is 7.05. The molecule has 0 heterocycles. The third kappa shape index (κ3) is 3.31. The standard InChI is InChI=1S/C17H21NO2/c1-3-20-12-6-11-18-13(2)15-10-9-14-7-4-5-8-16(14)17(15)19/h3-5,7-10,13,18-19H,1,6,11-12H2,2H3. The zero-order chi connectivity index (χ0) is 14.4. The van der Waals surface area contributed by atoms with Crippen LogP contribution in [0, 0.1) is 0 Å². The predicted octanol–water partition coefficient (Wildman–Crippen LogP) is 3.75. The largest absolute Gasteiger partial charge is 0.507 e. The number of nitrogens with one attached hydrogen (secondary N) is 1. The first kappa shape index (κ1) is 14.4. The summed E-state index contributed by atoms with van der Waals surface area (Å²) in [5.41, 5.74) is 0.924. The van der Waals surface area contributed by atoms with Crippen LogP contribution < -0.4 is 5.32 Å². The van der Waals surface area contributed by atoms with Gasteiger partial charge in [-0.25, -0.2) is 0 Å². The lowest BCUT2D eigenvalue weighted by atomic mass is 10.0. The van der Waals surface area contributed by atoms with Crippen LogP contribution in [-0.4, -0.2) is 18.3 Å². The summed E-state index contributed by atoms with van der Waals surface area (Å²) in [6, 6.07) is 12.0. The van der Waals surface area contributed by atoms with Crippen LogP contribution in [0.3, 0.4) is 0 Å². The third-order valence-electron chi connectivity index (χ3n) is 3.41. The summed E-state index contributed by atoms with van der Waals surface area (Å²) >= 11 is 0. The summed E-state index contributed by atoms with van der Waals surface area (Å²) in [5.74, 6) is 0.366. The molecule has 0 fully saturated rings. The molecular weight excluding hydrogens is 250 g/mol. The molecule has 0 radical (unpaired) electrons. The maximum atomic E-state index is 10.4. The minimum absolute atomic E-state index is 0.100. The van der Waals surface area contributed by atoms with Gasteiger partial charge < -0.3 is 15.2 Å². The number of rotatable bonds is 7. The molecule has 0 aromatic heterocycles. The number of phenols is 1. The van der Waals surface area contributed by atoms with Gasteiger partial charge in [0.1, 0.15) is 5.75 Å². The highest BCUT2D eigenvalue weighted by Crippen LogP contribution is 2.32. The predicted molar refractivity (Wildman–Crippen MR) is 82.8 cm³/mol. The Morgan fingerprint density at radius 3 is 2.90 bits per heavy atom. The molecule has 20 heavy (non-hydrogen) atoms. The Balaban J connectivity index is 2.04. The van der Waals surface area contributed by atoms with E-state index in [1.807, 2.05) is 36.4 Å². The quantitative estimate of drug-likeness (QED) is 0.595. The van der Waals surface area contributed by atoms with Crippen LogP contribution in [0.15, 0.2) is 49.2 Å². The average molecular weight is 271 g/mol. The van der Waals surface area contributed by atoms with Crippen molar-refractivity contribution < 1.29 is 9.84 Å². The maximum absolute atomic E-state index is 10.4. The van der Waals surface area contributed by atoms with Crippen LogP contribution >= 0.6 is 0 Å². The molecule has 0 spiro atoms. The molecule has 1 unspecified atom stereocenters. The Bertz CT molecular complexity index is 580. The molecular formula is C17H21NO2. The Hall–Kier alpha value is -2.00. The molecule has 0 aliphatic heterocycles. The number of fused-ring (bicyclic) bond motifs is 1. The van der Waals surface area contributed by atoms with Crippen molar-refractivity contribution in [2.24, 2.45) is 0 Å². The van der Waals surface area contributed by atoms with Crippen LogP contribution in [0.4, 0.5) is 0 Å². The van der Waals surface area contributed by atoms with E-state index in [0.29, 0.717) is 12.4 Å². The number of benzene rings is 2. The summed E-state index contributed by atoms with van der Waals surface area (Å²) in [7, 11) is 0. The van der Waals surface area contributed by atoms with E-state index in [1.54, 1.807) is 0 Å². The highest BCUT2D eigenvalue weighted by atomic mass is 16.5. The number of phenolic OH excluding ortho intramolecular Hbond substituents is 1. The number of aromatic hydroxyl groups is 1. The molecule has 0 bridgehead atoms. The normalized spacial score (nSPS) is 12.2. The molecule has 2 aromatic rings. The molecule has 2 aromatic carbocycles. The molecule has 0 aliphatic carbocycles. The van der Waals surface area contributed by atoms with Crippen molar-refractivity contribution in [2.75, 3.05) is 13.2 Å². The first-order valence-electron chi connectivity index (χ1n) is 6.90. The fourth-order valence-electron chi connectivity index (χ4n) is 2.29. The van der Waals surface area contributed by atoms with Crippen molar-refractivity contribution >= 4 is 10.8 Å². The number of ether oxygens (including phenoxy) is 1. The zero-order valence-electron chi connectivity index (χ0n) is 11.8. The van der Waals surface area contributed by atoms with Crippen LogP contribution in [-0.2, 0) is 4.74 Å². The van der Waals surface area contributed by atoms with Crippen molar-refractivity contribution in [2.45, 2.75) is 19.4 Å². The van der Waals surface area contributed by atoms with Crippen molar-refractivity contribution in [1.29, 1.82) is 0 Å². The van der Waals surface area contributed by atoms with E-state index >= 15 is 0 Å². The lowest BCUT2D eigenvalue weighted by molar-refractivity contribution is 0.243. The van der Waals surface area contributed by atoms with Gasteiger partial charge in [-0.05, 0) is 25.3 Å². The second kappa shape index (κ2) is 6.96. The van der Waals surface area contributed by atoms with E-state index in [4.69, 9.17) is 4.74 Å². The Morgan fingerprint density at radius 1 is 1.30 bits per heavy atom. The third-order valence-corrected chi connectivity index (χ3v) is 3.41. The van der Waals surface area contributed by atoms with E-state index in [1.165, 1.54) is 6.26 Å². The minimum atomic E-state index is 0.100. The Kier molecular flexibility index (Phi) is 5.02. The van der Waals surface area contributed by atoms with Gasteiger partial charge in [-0.3, -0.25) is 0 Å². The van der Waals surface area contributed by atoms with Gasteiger partial charge in [0.15, 0.2) is 0 Å². The smallest absolute Gasteiger partial charge is 0.128 e. The molecule has 0 saturated heterocycles. The van der Waals surface area contributed by atoms with Gasteiger partial charge >= 0.3 is 0 Å². The average Bonchev–Trinajstić information content (AvgIpc) is 2.47. The lowest BCUT2D eigenvalue weighted by Gasteiger charge is -2.16. The van der Waals surface area contributed by atoms with Gasteiger partial charge in [0, 0.05) is 17.0 Å². The van der Waals surface area contributed by atoms with Gasteiger partial charge in [-0.1, -0.05) is 43.0 Å². The van der Waals surface area contributed by atoms with Gasteiger partial charge in [0.05, 0.1) is 12.9 Å². The van der Waals surface area contributed by atoms with E-state index in [2.05, 4.69) is 18.8 Å². The topological polar surface area (TPSA) is 41.5 Å². The molecule has 2 rings (SSSR count). The highest BCUT2D eigenvalue weighted by molar-refractivity contribution is 5.89. The van der Waals surface area contributed by atoms with Gasteiger partial charge in [0.2, 0.25) is 0 Å². The van der Waals surface area contributed by atoms with E-state index < -0.39 is 0 Å². The van der Waals surface area contributed by atoms with Crippen LogP contribution in [0.25, 0.3) is 10.8 Å². The van der Waals surface area contributed by atoms with E-state index in [9.17, 15) is 5.11 Å². The molecule has 0 amide bonds. The van der Waals surface area contributed by atoms with E-state index in [0.717, 1.165) is 29.3 Å². The zero-order valence-corrected chi connectivity index (χ0v) is 11.8. The monoisotopic (exact) mass is 271 g/mol. The second-order valence-corrected chi connectivity index (χ2v) is 4.79. The molecule has 3 heteroatoms. The molecule has 0 saturated carbocycles. The number of hydrogen-bond donors (Lipinski definition) is 2. The number of hydrogen-bond acceptors (Lipinski definition) is 3. The van der Waals surface area contributed by atoms with Crippen LogP contribution in [0.1, 0.15) is 24.9 Å². The SMILES string of the molecule is C=COCCCNC(C)c1ccc2ccccc2c1O. The van der Waals surface area contributed by atoms with Gasteiger partial charge in [-0.15, -0.1) is 0 Å². The van der Waals surface area contributed by atoms with Crippen LogP contribution in [0.5, 0.6) is 5.75 Å². The molecule has 0 aliphatic rings. The molecule has 106 valence electrons. The minimum Gasteiger partial charge on any atom is -0.507 e. The van der Waals surface area contributed by atoms with Crippen LogP contribution in [0.2, 0.25) is 0 Å². The lowest BCUT2D eigenvalue weighted by Crippen LogP contribution is -2.20. The van der Waals surface area contributed by atoms with Crippen molar-refractivity contribution in [3.8, 4) is 5.75 Å². The van der Waals surface area contributed by atoms with Crippen molar-refractivity contribution in [3.63, 3.8) is 0 Å². The van der Waals surface area contributed by atoms with Gasteiger partial charge in [-0.2, -0.15) is 0 Å². The summed E-state index contributed by atoms with van der Waals surface area (Å²) in [6.07, 6.45) is 2.36.